The molecule has 0 fully saturated rings. The molecule has 0 spiro atoms. The normalized spacial score (nSPS) is 14.9. The molecule has 0 amide bonds. The Morgan fingerprint density at radius 1 is 0.490 bits per heavy atom. The SMILES string of the molecule is CCc1ccc2c(c1)C(C(c1ccccc1)(c1ccccc1)C1C=Cc3cccc(-c4cccc5ccccc45)c31)c1cc(CC)ccc1-2. The monoisotopic (exact) mass is 628 g/mol. The summed E-state index contributed by atoms with van der Waals surface area (Å²) in [5, 5.41) is 2.57. The van der Waals surface area contributed by atoms with Crippen molar-refractivity contribution in [2.24, 2.45) is 0 Å². The smallest absolute Gasteiger partial charge is 0.0415 e. The van der Waals surface area contributed by atoms with Crippen molar-refractivity contribution in [3.63, 3.8) is 0 Å². The Kier molecular flexibility index (Phi) is 7.20. The Labute approximate surface area is 290 Å². The second kappa shape index (κ2) is 11.9. The molecule has 0 aliphatic heterocycles. The minimum Gasteiger partial charge on any atom is -0.0751 e. The van der Waals surface area contributed by atoms with Crippen LogP contribution in [0.4, 0.5) is 0 Å². The fourth-order valence-corrected chi connectivity index (χ4v) is 9.20. The third-order valence-electron chi connectivity index (χ3n) is 11.4. The first-order valence-corrected chi connectivity index (χ1v) is 17.9. The largest absolute Gasteiger partial charge is 0.0751 e. The van der Waals surface area contributed by atoms with Crippen LogP contribution in [0.25, 0.3) is 39.1 Å². The van der Waals surface area contributed by atoms with Crippen LogP contribution in [0, 0.1) is 0 Å². The minimum atomic E-state index is -0.441. The van der Waals surface area contributed by atoms with Crippen LogP contribution in [-0.2, 0) is 18.3 Å². The Morgan fingerprint density at radius 3 is 1.67 bits per heavy atom. The molecule has 236 valence electrons. The van der Waals surface area contributed by atoms with Gasteiger partial charge in [0.05, 0.1) is 0 Å². The van der Waals surface area contributed by atoms with Crippen LogP contribution >= 0.6 is 0 Å². The van der Waals surface area contributed by atoms with Gasteiger partial charge < -0.3 is 0 Å². The first-order chi connectivity index (χ1) is 24.2. The van der Waals surface area contributed by atoms with Gasteiger partial charge in [-0.3, -0.25) is 0 Å². The standard InChI is InChI=1S/C49H40/c1-3-33-25-28-41-42-29-26-34(4-2)32-45(42)48(44(41)31-33)49(37-18-7-5-8-19-37,38-20-9-6-10-21-38)46-30-27-36-17-14-24-43(47(36)46)40-23-13-16-35-15-11-12-22-39(35)40/h5-32,46,48H,3-4H2,1-2H3. The van der Waals surface area contributed by atoms with E-state index in [2.05, 4.69) is 184 Å². The second-order valence-electron chi connectivity index (χ2n) is 13.8. The first kappa shape index (κ1) is 29.7. The molecule has 2 aliphatic rings. The maximum absolute atomic E-state index is 2.53. The van der Waals surface area contributed by atoms with Gasteiger partial charge in [-0.2, -0.15) is 0 Å². The van der Waals surface area contributed by atoms with Crippen LogP contribution < -0.4 is 0 Å². The van der Waals surface area contributed by atoms with Crippen LogP contribution in [0.15, 0.2) is 164 Å². The lowest BCUT2D eigenvalue weighted by Crippen LogP contribution is -2.40. The van der Waals surface area contributed by atoms with Crippen molar-refractivity contribution in [1.82, 2.24) is 0 Å². The van der Waals surface area contributed by atoms with Gasteiger partial charge in [0.2, 0.25) is 0 Å². The molecule has 0 heteroatoms. The highest BCUT2D eigenvalue weighted by Gasteiger charge is 2.53. The molecule has 0 heterocycles. The van der Waals surface area contributed by atoms with Gasteiger partial charge in [0, 0.05) is 17.3 Å². The molecule has 7 aromatic rings. The predicted molar refractivity (Wildman–Crippen MR) is 207 cm³/mol. The van der Waals surface area contributed by atoms with Gasteiger partial charge in [-0.1, -0.05) is 184 Å². The topological polar surface area (TPSA) is 0 Å². The number of allylic oxidation sites excluding steroid dienone is 1. The number of hydrogen-bond acceptors (Lipinski definition) is 0. The number of hydrogen-bond donors (Lipinski definition) is 0. The van der Waals surface area contributed by atoms with Gasteiger partial charge in [0.1, 0.15) is 0 Å². The predicted octanol–water partition coefficient (Wildman–Crippen LogP) is 12.5. The lowest BCUT2D eigenvalue weighted by Gasteiger charge is -2.46. The van der Waals surface area contributed by atoms with E-state index < -0.39 is 5.41 Å². The average Bonchev–Trinajstić information content (AvgIpc) is 3.75. The molecule has 1 atom stereocenters. The molecular weight excluding hydrogens is 589 g/mol. The zero-order valence-electron chi connectivity index (χ0n) is 28.2. The third kappa shape index (κ3) is 4.51. The molecular formula is C49H40. The van der Waals surface area contributed by atoms with E-state index in [9.17, 15) is 0 Å². The highest BCUT2D eigenvalue weighted by Crippen LogP contribution is 2.64. The molecule has 9 rings (SSSR count). The van der Waals surface area contributed by atoms with E-state index in [0.717, 1.165) is 12.8 Å². The Morgan fingerprint density at radius 2 is 1.04 bits per heavy atom. The van der Waals surface area contributed by atoms with Gasteiger partial charge in [0.25, 0.3) is 0 Å². The summed E-state index contributed by atoms with van der Waals surface area (Å²) in [6.45, 7) is 4.56. The van der Waals surface area contributed by atoms with E-state index in [-0.39, 0.29) is 11.8 Å². The number of rotatable bonds is 7. The van der Waals surface area contributed by atoms with Crippen LogP contribution in [0.1, 0.15) is 70.2 Å². The Balaban J connectivity index is 1.42. The Hall–Kier alpha value is -5.46. The van der Waals surface area contributed by atoms with Gasteiger partial charge in [-0.25, -0.2) is 0 Å². The van der Waals surface area contributed by atoms with Crippen molar-refractivity contribution in [3.05, 3.63) is 208 Å². The van der Waals surface area contributed by atoms with Crippen LogP contribution in [0.3, 0.4) is 0 Å². The van der Waals surface area contributed by atoms with E-state index in [4.69, 9.17) is 0 Å². The van der Waals surface area contributed by atoms with Crippen LogP contribution in [-0.4, -0.2) is 0 Å². The zero-order valence-corrected chi connectivity index (χ0v) is 28.2. The molecule has 0 saturated heterocycles. The number of fused-ring (bicyclic) bond motifs is 5. The maximum Gasteiger partial charge on any atom is 0.0415 e. The summed E-state index contributed by atoms with van der Waals surface area (Å²) in [5.74, 6) is 0.170. The lowest BCUT2D eigenvalue weighted by molar-refractivity contribution is 0.417. The lowest BCUT2D eigenvalue weighted by atomic mass is 9.55. The Bertz CT molecular complexity index is 2260. The van der Waals surface area contributed by atoms with Gasteiger partial charge in [0.15, 0.2) is 0 Å². The van der Waals surface area contributed by atoms with Crippen LogP contribution in [0.5, 0.6) is 0 Å². The quantitative estimate of drug-likeness (QED) is 0.165. The molecule has 0 saturated carbocycles. The summed E-state index contributed by atoms with van der Waals surface area (Å²) in [4.78, 5) is 0. The third-order valence-corrected chi connectivity index (χ3v) is 11.4. The summed E-state index contributed by atoms with van der Waals surface area (Å²) in [6, 6.07) is 60.0. The summed E-state index contributed by atoms with van der Waals surface area (Å²) in [5.41, 5.74) is 16.0. The first-order valence-electron chi connectivity index (χ1n) is 17.9. The van der Waals surface area contributed by atoms with Crippen molar-refractivity contribution in [2.75, 3.05) is 0 Å². The second-order valence-corrected chi connectivity index (χ2v) is 13.8. The van der Waals surface area contributed by atoms with Gasteiger partial charge in [-0.05, 0) is 90.4 Å². The summed E-state index contributed by atoms with van der Waals surface area (Å²) in [6.07, 6.45) is 6.95. The molecule has 1 unspecified atom stereocenters. The van der Waals surface area contributed by atoms with Gasteiger partial charge >= 0.3 is 0 Å². The van der Waals surface area contributed by atoms with E-state index >= 15 is 0 Å². The molecule has 2 aliphatic carbocycles. The summed E-state index contributed by atoms with van der Waals surface area (Å²) in [7, 11) is 0. The number of benzene rings is 7. The molecule has 7 aromatic carbocycles. The van der Waals surface area contributed by atoms with E-state index in [1.165, 1.54) is 77.5 Å². The average molecular weight is 629 g/mol. The zero-order chi connectivity index (χ0) is 33.0. The molecule has 49 heavy (non-hydrogen) atoms. The van der Waals surface area contributed by atoms with Crippen LogP contribution in [0.2, 0.25) is 0 Å². The van der Waals surface area contributed by atoms with E-state index in [1.807, 2.05) is 0 Å². The fourth-order valence-electron chi connectivity index (χ4n) is 9.20. The van der Waals surface area contributed by atoms with Crippen molar-refractivity contribution in [1.29, 1.82) is 0 Å². The molecule has 0 aromatic heterocycles. The van der Waals surface area contributed by atoms with E-state index in [0.29, 0.717) is 0 Å². The van der Waals surface area contributed by atoms with Crippen molar-refractivity contribution >= 4 is 16.8 Å². The number of aryl methyl sites for hydroxylation is 2. The van der Waals surface area contributed by atoms with E-state index in [1.54, 1.807) is 0 Å². The van der Waals surface area contributed by atoms with Crippen molar-refractivity contribution in [3.8, 4) is 22.3 Å². The summed E-state index contributed by atoms with van der Waals surface area (Å²) < 4.78 is 0. The minimum absolute atomic E-state index is 0.0711. The molecule has 0 radical (unpaired) electrons. The van der Waals surface area contributed by atoms with Crippen molar-refractivity contribution in [2.45, 2.75) is 43.9 Å². The summed E-state index contributed by atoms with van der Waals surface area (Å²) >= 11 is 0. The fraction of sp³-hybridized carbons (Fsp3) is 0.143. The molecule has 0 N–H and O–H groups in total. The maximum atomic E-state index is 2.53. The van der Waals surface area contributed by atoms with Crippen molar-refractivity contribution < 1.29 is 0 Å². The molecule has 0 bridgehead atoms. The highest BCUT2D eigenvalue weighted by molar-refractivity contribution is 5.98. The molecule has 0 nitrogen and oxygen atoms in total. The van der Waals surface area contributed by atoms with Gasteiger partial charge in [-0.15, -0.1) is 0 Å². The highest BCUT2D eigenvalue weighted by atomic mass is 14.5.